The van der Waals surface area contributed by atoms with Crippen molar-refractivity contribution >= 4 is 0 Å². The normalized spacial score (nSPS) is 19.6. The van der Waals surface area contributed by atoms with Crippen LogP contribution < -0.4 is 5.32 Å². The largest absolute Gasteiger partial charge is 0.338 e. The molecule has 0 unspecified atom stereocenters. The zero-order valence-electron chi connectivity index (χ0n) is 9.47. The fourth-order valence-electron chi connectivity index (χ4n) is 2.06. The Morgan fingerprint density at radius 1 is 1.47 bits per heavy atom. The molecular weight excluding hydrogens is 216 g/mol. The van der Waals surface area contributed by atoms with Gasteiger partial charge in [-0.15, -0.1) is 0 Å². The Bertz CT molecular complexity index is 476. The number of nitrogens with zero attached hydrogens (tertiary/aromatic N) is 3. The molecular formula is C12H14N4O. The van der Waals surface area contributed by atoms with E-state index >= 15 is 0 Å². The molecule has 0 bridgehead atoms. The standard InChI is InChI=1S/C12H14N4O/c1-3-9(8-13-5-1)7-11-15-12(17-16-11)10-4-2-6-14-10/h1,3,5,8,10,14H,2,4,6-7H2/t10-/m0/s1. The molecule has 1 fully saturated rings. The predicted octanol–water partition coefficient (Wildman–Crippen LogP) is 1.48. The Hall–Kier alpha value is -1.75. The maximum absolute atomic E-state index is 5.28. The monoisotopic (exact) mass is 230 g/mol. The number of rotatable bonds is 3. The summed E-state index contributed by atoms with van der Waals surface area (Å²) in [5, 5.41) is 7.34. The van der Waals surface area contributed by atoms with Crippen LogP contribution >= 0.6 is 0 Å². The van der Waals surface area contributed by atoms with Gasteiger partial charge >= 0.3 is 0 Å². The zero-order valence-corrected chi connectivity index (χ0v) is 9.47. The third-order valence-corrected chi connectivity index (χ3v) is 2.93. The third-order valence-electron chi connectivity index (χ3n) is 2.93. The highest BCUT2D eigenvalue weighted by Gasteiger charge is 2.22. The van der Waals surface area contributed by atoms with E-state index in [4.69, 9.17) is 4.52 Å². The number of nitrogens with one attached hydrogen (secondary N) is 1. The molecule has 3 rings (SSSR count). The van der Waals surface area contributed by atoms with E-state index < -0.39 is 0 Å². The molecule has 5 nitrogen and oxygen atoms in total. The molecule has 2 aromatic rings. The van der Waals surface area contributed by atoms with Gasteiger partial charge in [-0.2, -0.15) is 4.98 Å². The van der Waals surface area contributed by atoms with Gasteiger partial charge in [0, 0.05) is 18.8 Å². The number of pyridine rings is 1. The molecule has 1 N–H and O–H groups in total. The zero-order chi connectivity index (χ0) is 11.5. The Labute approximate surface area is 99.3 Å². The van der Waals surface area contributed by atoms with Gasteiger partial charge in [0.25, 0.3) is 0 Å². The van der Waals surface area contributed by atoms with E-state index in [9.17, 15) is 0 Å². The summed E-state index contributed by atoms with van der Waals surface area (Å²) in [4.78, 5) is 8.49. The summed E-state index contributed by atoms with van der Waals surface area (Å²) in [6.45, 7) is 1.03. The highest BCUT2D eigenvalue weighted by atomic mass is 16.5. The Balaban J connectivity index is 1.72. The minimum absolute atomic E-state index is 0.241. The second-order valence-corrected chi connectivity index (χ2v) is 4.24. The van der Waals surface area contributed by atoms with E-state index in [1.54, 1.807) is 6.20 Å². The lowest BCUT2D eigenvalue weighted by Gasteiger charge is -2.01. The lowest BCUT2D eigenvalue weighted by atomic mass is 10.2. The van der Waals surface area contributed by atoms with Gasteiger partial charge in [0.1, 0.15) is 0 Å². The van der Waals surface area contributed by atoms with E-state index in [-0.39, 0.29) is 6.04 Å². The van der Waals surface area contributed by atoms with Gasteiger partial charge in [-0.1, -0.05) is 11.2 Å². The summed E-state index contributed by atoms with van der Waals surface area (Å²) in [6, 6.07) is 4.16. The van der Waals surface area contributed by atoms with Crippen molar-refractivity contribution in [2.75, 3.05) is 6.54 Å². The van der Waals surface area contributed by atoms with Gasteiger partial charge in [-0.25, -0.2) is 0 Å². The second kappa shape index (κ2) is 4.63. The molecule has 0 saturated carbocycles. The van der Waals surface area contributed by atoms with Crippen molar-refractivity contribution in [3.05, 3.63) is 41.8 Å². The van der Waals surface area contributed by atoms with Crippen molar-refractivity contribution in [3.63, 3.8) is 0 Å². The first-order valence-corrected chi connectivity index (χ1v) is 5.86. The first-order chi connectivity index (χ1) is 8.42. The van der Waals surface area contributed by atoms with E-state index in [0.29, 0.717) is 12.3 Å². The highest BCUT2D eigenvalue weighted by Crippen LogP contribution is 2.21. The molecule has 2 aromatic heterocycles. The van der Waals surface area contributed by atoms with Gasteiger partial charge in [0.05, 0.1) is 6.04 Å². The molecule has 1 saturated heterocycles. The number of hydrogen-bond acceptors (Lipinski definition) is 5. The maximum Gasteiger partial charge on any atom is 0.243 e. The van der Waals surface area contributed by atoms with Crippen LogP contribution in [-0.4, -0.2) is 21.7 Å². The van der Waals surface area contributed by atoms with Gasteiger partial charge in [-0.05, 0) is 31.0 Å². The number of hydrogen-bond donors (Lipinski definition) is 1. The van der Waals surface area contributed by atoms with Crippen LogP contribution in [0.2, 0.25) is 0 Å². The smallest absolute Gasteiger partial charge is 0.243 e. The SMILES string of the molecule is c1cncc(Cc2noc([C@@H]3CCCN3)n2)c1. The quantitative estimate of drug-likeness (QED) is 0.865. The first-order valence-electron chi connectivity index (χ1n) is 5.86. The molecule has 0 spiro atoms. The van der Waals surface area contributed by atoms with E-state index in [0.717, 1.165) is 24.4 Å². The Kier molecular flexibility index (Phi) is 2.83. The van der Waals surface area contributed by atoms with Gasteiger partial charge in [0.15, 0.2) is 5.82 Å². The molecule has 0 aromatic carbocycles. The Morgan fingerprint density at radius 3 is 3.24 bits per heavy atom. The molecule has 17 heavy (non-hydrogen) atoms. The fraction of sp³-hybridized carbons (Fsp3) is 0.417. The summed E-state index contributed by atoms with van der Waals surface area (Å²) in [7, 11) is 0. The van der Waals surface area contributed by atoms with Crippen LogP contribution in [0, 0.1) is 0 Å². The average Bonchev–Trinajstić information content (AvgIpc) is 3.00. The van der Waals surface area contributed by atoms with Crippen molar-refractivity contribution in [1.29, 1.82) is 0 Å². The summed E-state index contributed by atoms with van der Waals surface area (Å²) in [5.74, 6) is 1.43. The summed E-state index contributed by atoms with van der Waals surface area (Å²) < 4.78 is 5.28. The van der Waals surface area contributed by atoms with Crippen LogP contribution in [0.4, 0.5) is 0 Å². The van der Waals surface area contributed by atoms with Crippen molar-refractivity contribution in [2.45, 2.75) is 25.3 Å². The second-order valence-electron chi connectivity index (χ2n) is 4.24. The van der Waals surface area contributed by atoms with Gasteiger partial charge in [0.2, 0.25) is 5.89 Å². The van der Waals surface area contributed by atoms with E-state index in [2.05, 4.69) is 20.4 Å². The first kappa shape index (κ1) is 10.4. The van der Waals surface area contributed by atoms with Crippen LogP contribution in [0.1, 0.15) is 36.2 Å². The molecule has 0 amide bonds. The molecule has 1 aliphatic rings. The van der Waals surface area contributed by atoms with Crippen LogP contribution in [0.3, 0.4) is 0 Å². The maximum atomic E-state index is 5.28. The van der Waals surface area contributed by atoms with E-state index in [1.807, 2.05) is 18.3 Å². The van der Waals surface area contributed by atoms with Crippen LogP contribution in [0.25, 0.3) is 0 Å². The molecule has 0 aliphatic carbocycles. The van der Waals surface area contributed by atoms with Crippen molar-refractivity contribution in [1.82, 2.24) is 20.4 Å². The third kappa shape index (κ3) is 2.34. The van der Waals surface area contributed by atoms with Crippen molar-refractivity contribution < 1.29 is 4.52 Å². The summed E-state index contributed by atoms with van der Waals surface area (Å²) in [6.07, 6.45) is 6.50. The molecule has 1 atom stereocenters. The highest BCUT2D eigenvalue weighted by molar-refractivity contribution is 5.14. The lowest BCUT2D eigenvalue weighted by molar-refractivity contribution is 0.341. The minimum atomic E-state index is 0.241. The van der Waals surface area contributed by atoms with E-state index in [1.165, 1.54) is 6.42 Å². The van der Waals surface area contributed by atoms with Crippen molar-refractivity contribution in [3.8, 4) is 0 Å². The average molecular weight is 230 g/mol. The van der Waals surface area contributed by atoms with Crippen LogP contribution in [0.5, 0.6) is 0 Å². The minimum Gasteiger partial charge on any atom is -0.338 e. The van der Waals surface area contributed by atoms with Crippen molar-refractivity contribution in [2.24, 2.45) is 0 Å². The molecule has 88 valence electrons. The van der Waals surface area contributed by atoms with Gasteiger partial charge < -0.3 is 9.84 Å². The molecule has 3 heterocycles. The Morgan fingerprint density at radius 2 is 2.47 bits per heavy atom. The summed E-state index contributed by atoms with van der Waals surface area (Å²) in [5.41, 5.74) is 1.10. The summed E-state index contributed by atoms with van der Waals surface area (Å²) >= 11 is 0. The lowest BCUT2D eigenvalue weighted by Crippen LogP contribution is -2.13. The fourth-order valence-corrected chi connectivity index (χ4v) is 2.06. The molecule has 5 heteroatoms. The topological polar surface area (TPSA) is 63.8 Å². The predicted molar refractivity (Wildman–Crippen MR) is 61.3 cm³/mol. The molecule has 0 radical (unpaired) electrons. The number of aromatic nitrogens is 3. The van der Waals surface area contributed by atoms with Gasteiger partial charge in [-0.3, -0.25) is 4.98 Å². The molecule has 1 aliphatic heterocycles. The van der Waals surface area contributed by atoms with Crippen LogP contribution in [-0.2, 0) is 6.42 Å². The van der Waals surface area contributed by atoms with Crippen LogP contribution in [0.15, 0.2) is 29.0 Å².